The molecule has 7 nitrogen and oxygen atoms in total. The number of nitrogens with zero attached hydrogens (tertiary/aromatic N) is 2. The first-order valence-corrected chi connectivity index (χ1v) is 4.72. The highest BCUT2D eigenvalue weighted by Crippen LogP contribution is 2.12. The highest BCUT2D eigenvalue weighted by atomic mass is 32.2. The van der Waals surface area contributed by atoms with Gasteiger partial charge in [0.1, 0.15) is 11.4 Å². The van der Waals surface area contributed by atoms with E-state index in [4.69, 9.17) is 0 Å². The molecule has 0 aromatic carbocycles. The van der Waals surface area contributed by atoms with Gasteiger partial charge in [0.25, 0.3) is 0 Å². The van der Waals surface area contributed by atoms with E-state index < -0.39 is 15.1 Å². The van der Waals surface area contributed by atoms with Crippen molar-refractivity contribution in [2.45, 2.75) is 13.8 Å². The van der Waals surface area contributed by atoms with Crippen LogP contribution in [0.1, 0.15) is 13.8 Å². The molecule has 0 saturated carbocycles. The molecule has 1 heterocycles. The summed E-state index contributed by atoms with van der Waals surface area (Å²) in [5.74, 6) is 0. The minimum Gasteiger partial charge on any atom is -0.262 e. The first-order valence-electron chi connectivity index (χ1n) is 3.28. The van der Waals surface area contributed by atoms with Crippen LogP contribution in [0.2, 0.25) is 0 Å². The summed E-state index contributed by atoms with van der Waals surface area (Å²) in [6.07, 6.45) is 0. The van der Waals surface area contributed by atoms with Gasteiger partial charge in [-0.15, -0.1) is 4.40 Å². The molecule has 0 unspecified atom stereocenters. The Hall–Kier alpha value is -1.44. The average Bonchev–Trinajstić information content (AvgIpc) is 1.78. The number of rotatable bonds is 1. The van der Waals surface area contributed by atoms with Gasteiger partial charge in [-0.05, 0) is 13.8 Å². The van der Waals surface area contributed by atoms with Crippen LogP contribution >= 0.6 is 0 Å². The minimum absolute atomic E-state index is 0.0162. The van der Waals surface area contributed by atoms with Crippen molar-refractivity contribution in [2.24, 2.45) is 4.40 Å². The third-order valence-corrected chi connectivity index (χ3v) is 2.50. The normalized spacial score (nSPS) is 20.6. The van der Waals surface area contributed by atoms with Crippen LogP contribution < -0.4 is 4.72 Å². The highest BCUT2D eigenvalue weighted by molar-refractivity contribution is 7.88. The molecule has 1 rings (SSSR count). The smallest absolute Gasteiger partial charge is 0.262 e. The maximum absolute atomic E-state index is 10.9. The summed E-state index contributed by atoms with van der Waals surface area (Å²) in [6, 6.07) is 0. The van der Waals surface area contributed by atoms with Crippen molar-refractivity contribution < 1.29 is 13.3 Å². The summed E-state index contributed by atoms with van der Waals surface area (Å²) in [5, 5.41) is 10.4. The second-order valence-corrected chi connectivity index (χ2v) is 3.82. The number of allylic oxidation sites excluding steroid dienone is 2. The fourth-order valence-electron chi connectivity index (χ4n) is 1.03. The molecule has 0 atom stereocenters. The van der Waals surface area contributed by atoms with E-state index in [2.05, 4.69) is 4.40 Å². The summed E-state index contributed by atoms with van der Waals surface area (Å²) in [7, 11) is -3.77. The molecule has 0 saturated heterocycles. The van der Waals surface area contributed by atoms with Crippen LogP contribution in [-0.2, 0) is 10.2 Å². The number of nitro groups is 1. The van der Waals surface area contributed by atoms with E-state index in [1.165, 1.54) is 13.8 Å². The van der Waals surface area contributed by atoms with Gasteiger partial charge in [0, 0.05) is 0 Å². The summed E-state index contributed by atoms with van der Waals surface area (Å²) in [5.41, 5.74) is -0.423. The molecule has 72 valence electrons. The van der Waals surface area contributed by atoms with E-state index >= 15 is 0 Å². The Morgan fingerprint density at radius 3 is 2.38 bits per heavy atom. The van der Waals surface area contributed by atoms with E-state index in [-0.39, 0.29) is 17.1 Å². The molecule has 0 aromatic heterocycles. The van der Waals surface area contributed by atoms with Crippen LogP contribution in [0.15, 0.2) is 15.8 Å². The molecule has 13 heavy (non-hydrogen) atoms. The van der Waals surface area contributed by atoms with Gasteiger partial charge in [-0.1, -0.05) is 0 Å². The SMILES string of the molecule is CC1=NS(=O)(=O)NC(C)=C1[N+](=O)[O-]. The maximum atomic E-state index is 10.9. The van der Waals surface area contributed by atoms with Crippen LogP contribution in [0, 0.1) is 10.1 Å². The maximum Gasteiger partial charge on any atom is 0.342 e. The van der Waals surface area contributed by atoms with Gasteiger partial charge >= 0.3 is 15.9 Å². The van der Waals surface area contributed by atoms with Crippen LogP contribution in [0.4, 0.5) is 0 Å². The summed E-state index contributed by atoms with van der Waals surface area (Å²) < 4.78 is 26.9. The second kappa shape index (κ2) is 2.80. The van der Waals surface area contributed by atoms with Gasteiger partial charge in [0.05, 0.1) is 4.92 Å². The molecule has 0 fully saturated rings. The third kappa shape index (κ3) is 1.83. The third-order valence-electron chi connectivity index (χ3n) is 1.42. The minimum atomic E-state index is -3.77. The lowest BCUT2D eigenvalue weighted by molar-refractivity contribution is -0.416. The van der Waals surface area contributed by atoms with Crippen molar-refractivity contribution in [1.82, 2.24) is 4.72 Å². The van der Waals surface area contributed by atoms with Crippen LogP contribution in [0.5, 0.6) is 0 Å². The zero-order valence-corrected chi connectivity index (χ0v) is 7.75. The van der Waals surface area contributed by atoms with Crippen LogP contribution in [0.3, 0.4) is 0 Å². The average molecular weight is 205 g/mol. The van der Waals surface area contributed by atoms with Gasteiger partial charge in [0.2, 0.25) is 0 Å². The van der Waals surface area contributed by atoms with E-state index in [1.54, 1.807) is 0 Å². The van der Waals surface area contributed by atoms with Gasteiger partial charge < -0.3 is 0 Å². The van der Waals surface area contributed by atoms with E-state index in [1.807, 2.05) is 4.72 Å². The summed E-state index contributed by atoms with van der Waals surface area (Å²) in [6.45, 7) is 2.59. The van der Waals surface area contributed by atoms with Gasteiger partial charge in [-0.25, -0.2) is 0 Å². The zero-order valence-electron chi connectivity index (χ0n) is 6.94. The lowest BCUT2D eigenvalue weighted by Gasteiger charge is -2.10. The Balaban J connectivity index is 3.29. The summed E-state index contributed by atoms with van der Waals surface area (Å²) >= 11 is 0. The molecule has 1 aliphatic heterocycles. The second-order valence-electron chi connectivity index (χ2n) is 2.48. The van der Waals surface area contributed by atoms with Gasteiger partial charge in [0.15, 0.2) is 0 Å². The van der Waals surface area contributed by atoms with Crippen molar-refractivity contribution in [3.8, 4) is 0 Å². The van der Waals surface area contributed by atoms with Crippen molar-refractivity contribution in [2.75, 3.05) is 0 Å². The molecule has 0 radical (unpaired) electrons. The highest BCUT2D eigenvalue weighted by Gasteiger charge is 2.28. The van der Waals surface area contributed by atoms with E-state index in [0.29, 0.717) is 0 Å². The van der Waals surface area contributed by atoms with E-state index in [0.717, 1.165) is 0 Å². The first kappa shape index (κ1) is 9.65. The monoisotopic (exact) mass is 205 g/mol. The molecule has 1 N–H and O–H groups in total. The molecule has 0 aliphatic carbocycles. The number of hydrogen-bond acceptors (Lipinski definition) is 4. The van der Waals surface area contributed by atoms with Crippen molar-refractivity contribution in [3.63, 3.8) is 0 Å². The zero-order chi connectivity index (χ0) is 10.2. The fraction of sp³-hybridized carbons (Fsp3) is 0.400. The molecule has 1 aliphatic rings. The molecule has 0 spiro atoms. The fourth-order valence-corrected chi connectivity index (χ4v) is 2.00. The largest absolute Gasteiger partial charge is 0.342 e. The quantitative estimate of drug-likeness (QED) is 0.473. The topological polar surface area (TPSA) is 102 Å². The molecule has 8 heteroatoms. The number of hydrogen-bond donors (Lipinski definition) is 1. The Morgan fingerprint density at radius 2 is 2.00 bits per heavy atom. The lowest BCUT2D eigenvalue weighted by atomic mass is 10.2. The molecule has 0 aromatic rings. The van der Waals surface area contributed by atoms with Crippen molar-refractivity contribution in [3.05, 3.63) is 21.5 Å². The lowest BCUT2D eigenvalue weighted by Crippen LogP contribution is -2.30. The molecular weight excluding hydrogens is 198 g/mol. The Morgan fingerprint density at radius 1 is 1.46 bits per heavy atom. The summed E-state index contributed by atoms with van der Waals surface area (Å²) in [4.78, 5) is 9.75. The van der Waals surface area contributed by atoms with E-state index in [9.17, 15) is 18.5 Å². The molecule has 0 bridgehead atoms. The predicted octanol–water partition coefficient (Wildman–Crippen LogP) is -0.196. The molecular formula is C5H7N3O4S. The van der Waals surface area contributed by atoms with Crippen molar-refractivity contribution in [1.29, 1.82) is 0 Å². The predicted molar refractivity (Wildman–Crippen MR) is 44.9 cm³/mol. The molecule has 0 amide bonds. The standard InChI is InChI=1S/C5H7N3O4S/c1-3-5(8(9)10)4(2)7-13(11,12)6-3/h6H,1-2H3. The Kier molecular flexibility index (Phi) is 2.08. The van der Waals surface area contributed by atoms with Gasteiger partial charge in [-0.3, -0.25) is 14.8 Å². The van der Waals surface area contributed by atoms with Crippen LogP contribution in [-0.4, -0.2) is 19.1 Å². The Labute approximate surface area is 74.5 Å². The number of nitrogens with one attached hydrogen (secondary N) is 1. The Bertz CT molecular complexity index is 419. The van der Waals surface area contributed by atoms with Crippen LogP contribution in [0.25, 0.3) is 0 Å². The van der Waals surface area contributed by atoms with Crippen molar-refractivity contribution >= 4 is 15.9 Å². The van der Waals surface area contributed by atoms with Gasteiger partial charge in [-0.2, -0.15) is 8.42 Å². The first-order chi connectivity index (χ1) is 5.83.